The quantitative estimate of drug-likeness (QED) is 0.192. The summed E-state index contributed by atoms with van der Waals surface area (Å²) < 4.78 is 16.7. The molecule has 3 aromatic carbocycles. The number of carbonyl (C=O) groups is 2. The Hall–Kier alpha value is -4.08. The first-order valence-electron chi connectivity index (χ1n) is 16.5. The number of aryl methyl sites for hydroxylation is 1. The first-order valence-corrected chi connectivity index (χ1v) is 17.2. The first kappa shape index (κ1) is 33.8. The number of benzene rings is 3. The summed E-state index contributed by atoms with van der Waals surface area (Å²) in [6, 6.07) is 20.4. The number of carbonyl (C=O) groups excluding carboxylic acids is 2. The Balaban J connectivity index is 0.000000168. The van der Waals surface area contributed by atoms with Crippen molar-refractivity contribution >= 4 is 40.7 Å². The maximum atomic E-state index is 12.4. The van der Waals surface area contributed by atoms with Crippen molar-refractivity contribution in [1.29, 1.82) is 0 Å². The van der Waals surface area contributed by atoms with Gasteiger partial charge in [-0.25, -0.2) is 0 Å². The summed E-state index contributed by atoms with van der Waals surface area (Å²) in [7, 11) is 0. The molecule has 11 heteroatoms. The van der Waals surface area contributed by atoms with Gasteiger partial charge in [0, 0.05) is 35.8 Å². The van der Waals surface area contributed by atoms with Crippen LogP contribution < -0.4 is 19.7 Å². The van der Waals surface area contributed by atoms with Gasteiger partial charge in [-0.2, -0.15) is 0 Å². The fraction of sp³-hybridized carbons (Fsp3) is 0.405. The highest BCUT2D eigenvalue weighted by Crippen LogP contribution is 2.49. The van der Waals surface area contributed by atoms with Crippen molar-refractivity contribution in [1.82, 2.24) is 15.5 Å². The van der Waals surface area contributed by atoms with E-state index in [9.17, 15) is 9.59 Å². The highest BCUT2D eigenvalue weighted by atomic mass is 35.5. The Bertz CT molecular complexity index is 1750. The van der Waals surface area contributed by atoms with Gasteiger partial charge in [0.05, 0.1) is 5.02 Å². The molecule has 1 aliphatic heterocycles. The molecule has 2 amide bonds. The summed E-state index contributed by atoms with van der Waals surface area (Å²) in [5.41, 5.74) is 3.00. The van der Waals surface area contributed by atoms with Crippen LogP contribution >= 0.6 is 23.2 Å². The molecule has 5 atom stereocenters. The van der Waals surface area contributed by atoms with Gasteiger partial charge in [0.25, 0.3) is 11.8 Å². The number of fused-ring (bicyclic) bond motifs is 3. The van der Waals surface area contributed by atoms with Gasteiger partial charge >= 0.3 is 0 Å². The molecule has 0 spiro atoms. The SMILES string of the molecule is CC(Oc1ccc(Cl)cc1Cl)C(=O)NC(C)C1CC2CCC1C2.Cc1nnc(-c2ccc(OCC(=O)N3CCc4ccccc43)cc2)o1. The van der Waals surface area contributed by atoms with Crippen LogP contribution in [0.25, 0.3) is 11.5 Å². The molecule has 2 bridgehead atoms. The molecule has 1 aromatic heterocycles. The summed E-state index contributed by atoms with van der Waals surface area (Å²) in [6.07, 6.45) is 5.59. The molecule has 7 rings (SSSR count). The van der Waals surface area contributed by atoms with E-state index >= 15 is 0 Å². The van der Waals surface area contributed by atoms with Crippen LogP contribution in [0.5, 0.6) is 11.5 Å². The lowest BCUT2D eigenvalue weighted by Gasteiger charge is -2.29. The highest BCUT2D eigenvalue weighted by Gasteiger charge is 2.42. The van der Waals surface area contributed by atoms with Crippen molar-refractivity contribution < 1.29 is 23.5 Å². The zero-order valence-electron chi connectivity index (χ0n) is 27.3. The fourth-order valence-corrected chi connectivity index (χ4v) is 7.55. The molecule has 48 heavy (non-hydrogen) atoms. The van der Waals surface area contributed by atoms with Crippen molar-refractivity contribution in [2.24, 2.45) is 17.8 Å². The minimum absolute atomic E-state index is 0.00729. The van der Waals surface area contributed by atoms with Crippen LogP contribution in [0.4, 0.5) is 5.69 Å². The van der Waals surface area contributed by atoms with E-state index in [4.69, 9.17) is 37.1 Å². The van der Waals surface area contributed by atoms with Gasteiger partial charge in [0.1, 0.15) is 11.5 Å². The maximum absolute atomic E-state index is 12.4. The molecule has 2 aliphatic carbocycles. The molecule has 0 saturated heterocycles. The standard InChI is InChI=1S/C19H17N3O3.C18H23Cl2NO2/c1-13-20-21-19(25-13)15-6-8-16(9-7-15)24-12-18(23)22-11-10-14-4-2-3-5-17(14)22;1-10(15-8-12-3-4-13(15)7-12)21-18(22)11(2)23-17-6-5-14(19)9-16(17)20/h2-9H,10-12H2,1H3;5-6,9-13,15H,3-4,7-8H2,1-2H3,(H,21,22). The monoisotopic (exact) mass is 690 g/mol. The second kappa shape index (κ2) is 15.0. The fourth-order valence-electron chi connectivity index (χ4n) is 7.10. The topological polar surface area (TPSA) is 107 Å². The second-order valence-electron chi connectivity index (χ2n) is 12.8. The van der Waals surface area contributed by atoms with Crippen LogP contribution in [-0.2, 0) is 16.0 Å². The molecule has 252 valence electrons. The Labute approximate surface area is 290 Å². The van der Waals surface area contributed by atoms with E-state index in [0.29, 0.717) is 45.8 Å². The lowest BCUT2D eigenvalue weighted by Crippen LogP contribution is -2.45. The molecule has 2 saturated carbocycles. The third-order valence-corrected chi connectivity index (χ3v) is 10.1. The summed E-state index contributed by atoms with van der Waals surface area (Å²) in [4.78, 5) is 26.6. The molecule has 0 radical (unpaired) electrons. The number of anilines is 1. The zero-order chi connectivity index (χ0) is 33.8. The summed E-state index contributed by atoms with van der Waals surface area (Å²) >= 11 is 12.0. The minimum Gasteiger partial charge on any atom is -0.484 e. The number of nitrogens with one attached hydrogen (secondary N) is 1. The Morgan fingerprint density at radius 3 is 2.50 bits per heavy atom. The molecule has 5 unspecified atom stereocenters. The summed E-state index contributed by atoms with van der Waals surface area (Å²) in [6.45, 7) is 6.32. The average Bonchev–Trinajstić information content (AvgIpc) is 3.90. The number of hydrogen-bond acceptors (Lipinski definition) is 7. The van der Waals surface area contributed by atoms with E-state index in [0.717, 1.165) is 29.5 Å². The van der Waals surface area contributed by atoms with Crippen molar-refractivity contribution in [3.05, 3.63) is 88.2 Å². The third kappa shape index (κ3) is 7.96. The number of aromatic nitrogens is 2. The van der Waals surface area contributed by atoms with Gasteiger partial charge in [-0.1, -0.05) is 47.8 Å². The number of nitrogens with zero attached hydrogens (tertiary/aromatic N) is 3. The average molecular weight is 692 g/mol. The van der Waals surface area contributed by atoms with Gasteiger partial charge in [-0.3, -0.25) is 9.59 Å². The van der Waals surface area contributed by atoms with E-state index in [1.807, 2.05) is 30.3 Å². The molecule has 1 N–H and O–H groups in total. The van der Waals surface area contributed by atoms with E-state index in [1.54, 1.807) is 49.1 Å². The molecule has 4 aromatic rings. The molecular formula is C37H40Cl2N4O5. The zero-order valence-corrected chi connectivity index (χ0v) is 28.8. The second-order valence-corrected chi connectivity index (χ2v) is 13.7. The lowest BCUT2D eigenvalue weighted by molar-refractivity contribution is -0.128. The third-order valence-electron chi connectivity index (χ3n) is 9.55. The maximum Gasteiger partial charge on any atom is 0.264 e. The van der Waals surface area contributed by atoms with Crippen LogP contribution in [0.3, 0.4) is 0 Å². The van der Waals surface area contributed by atoms with Gasteiger partial charge in [0.2, 0.25) is 11.8 Å². The normalized spacial score (nSPS) is 20.4. The number of ether oxygens (including phenoxy) is 2. The molecule has 9 nitrogen and oxygen atoms in total. The van der Waals surface area contributed by atoms with Crippen LogP contribution in [0.1, 0.15) is 51.0 Å². The first-order chi connectivity index (χ1) is 23.1. The number of para-hydroxylation sites is 1. The minimum atomic E-state index is -0.588. The molecular weight excluding hydrogens is 651 g/mol. The molecule has 3 aliphatic rings. The van der Waals surface area contributed by atoms with Crippen LogP contribution in [-0.4, -0.2) is 47.3 Å². The van der Waals surface area contributed by atoms with E-state index in [1.165, 1.54) is 31.2 Å². The van der Waals surface area contributed by atoms with Gasteiger partial charge in [-0.15, -0.1) is 10.2 Å². The summed E-state index contributed by atoms with van der Waals surface area (Å²) in [5, 5.41) is 11.9. The van der Waals surface area contributed by atoms with Crippen molar-refractivity contribution in [3.63, 3.8) is 0 Å². The molecule has 2 heterocycles. The van der Waals surface area contributed by atoms with Crippen molar-refractivity contribution in [2.75, 3.05) is 18.1 Å². The van der Waals surface area contributed by atoms with E-state index in [-0.39, 0.29) is 24.5 Å². The van der Waals surface area contributed by atoms with Crippen molar-refractivity contribution in [2.45, 2.75) is 65.0 Å². The Kier molecular flexibility index (Phi) is 10.6. The van der Waals surface area contributed by atoms with Crippen LogP contribution in [0, 0.1) is 24.7 Å². The smallest absolute Gasteiger partial charge is 0.264 e. The molecule has 2 fully saturated rings. The van der Waals surface area contributed by atoms with Gasteiger partial charge in [0.15, 0.2) is 12.7 Å². The Morgan fingerprint density at radius 2 is 1.81 bits per heavy atom. The lowest BCUT2D eigenvalue weighted by atomic mass is 9.84. The number of hydrogen-bond donors (Lipinski definition) is 1. The van der Waals surface area contributed by atoms with Crippen LogP contribution in [0.15, 0.2) is 71.1 Å². The van der Waals surface area contributed by atoms with E-state index in [2.05, 4.69) is 28.5 Å². The Morgan fingerprint density at radius 1 is 1.02 bits per heavy atom. The van der Waals surface area contributed by atoms with Gasteiger partial charge in [-0.05, 0) is 111 Å². The summed E-state index contributed by atoms with van der Waals surface area (Å²) in [5.74, 6) is 4.24. The largest absolute Gasteiger partial charge is 0.484 e. The predicted octanol–water partition coefficient (Wildman–Crippen LogP) is 7.71. The van der Waals surface area contributed by atoms with E-state index < -0.39 is 6.10 Å². The predicted molar refractivity (Wildman–Crippen MR) is 186 cm³/mol. The number of rotatable bonds is 9. The highest BCUT2D eigenvalue weighted by molar-refractivity contribution is 6.35. The van der Waals surface area contributed by atoms with Crippen LogP contribution in [0.2, 0.25) is 10.0 Å². The number of amides is 2. The van der Waals surface area contributed by atoms with Gasteiger partial charge < -0.3 is 24.1 Å². The number of halogens is 2. The van der Waals surface area contributed by atoms with Crippen molar-refractivity contribution in [3.8, 4) is 23.0 Å².